The maximum atomic E-state index is 15.3. The molecular weight excluding hydrogens is 433 g/mol. The lowest BCUT2D eigenvalue weighted by Crippen LogP contribution is -2.41. The smallest absolute Gasteiger partial charge is 0.225 e. The molecule has 0 aliphatic carbocycles. The predicted molar refractivity (Wildman–Crippen MR) is 123 cm³/mol. The zero-order valence-corrected chi connectivity index (χ0v) is 19.2. The minimum atomic E-state index is -3.12. The van der Waals surface area contributed by atoms with Crippen LogP contribution in [0.2, 0.25) is 0 Å². The van der Waals surface area contributed by atoms with E-state index in [0.29, 0.717) is 66.6 Å². The highest BCUT2D eigenvalue weighted by Crippen LogP contribution is 2.29. The van der Waals surface area contributed by atoms with Crippen LogP contribution in [0.25, 0.3) is 11.1 Å². The first kappa shape index (κ1) is 24.1. The molecule has 8 nitrogen and oxygen atoms in total. The number of halogens is 1. The highest BCUT2D eigenvalue weighted by Gasteiger charge is 2.26. The van der Waals surface area contributed by atoms with Crippen LogP contribution in [0.4, 0.5) is 10.1 Å². The molecule has 2 aromatic rings. The van der Waals surface area contributed by atoms with Crippen molar-refractivity contribution >= 4 is 22.1 Å². The van der Waals surface area contributed by atoms with E-state index in [1.807, 2.05) is 13.0 Å². The van der Waals surface area contributed by atoms with Crippen molar-refractivity contribution in [1.82, 2.24) is 20.0 Å². The lowest BCUT2D eigenvalue weighted by atomic mass is 9.97. The van der Waals surface area contributed by atoms with Gasteiger partial charge in [-0.05, 0) is 45.2 Å². The van der Waals surface area contributed by atoms with Crippen molar-refractivity contribution in [1.29, 1.82) is 0 Å². The summed E-state index contributed by atoms with van der Waals surface area (Å²) in [6, 6.07) is 7.02. The molecule has 1 aliphatic heterocycles. The number of benzene rings is 1. The first-order valence-corrected chi connectivity index (χ1v) is 12.3. The number of carbonyl (C=O) groups excluding carboxylic acids is 1. The number of carbonyl (C=O) groups is 1. The maximum absolute atomic E-state index is 15.3. The molecule has 32 heavy (non-hydrogen) atoms. The van der Waals surface area contributed by atoms with E-state index in [-0.39, 0.29) is 11.6 Å². The second-order valence-electron chi connectivity index (χ2n) is 7.90. The molecule has 0 unspecified atom stereocenters. The van der Waals surface area contributed by atoms with E-state index in [1.54, 1.807) is 35.6 Å². The molecule has 3 rings (SSSR count). The number of aromatic nitrogens is 1. The topological polar surface area (TPSA) is 103 Å². The highest BCUT2D eigenvalue weighted by molar-refractivity contribution is 7.89. The molecule has 10 heteroatoms. The Labute approximate surface area is 188 Å². The van der Waals surface area contributed by atoms with Crippen molar-refractivity contribution in [2.75, 3.05) is 30.8 Å². The Bertz CT molecular complexity index is 1040. The van der Waals surface area contributed by atoms with Crippen LogP contribution in [-0.2, 0) is 21.4 Å². The van der Waals surface area contributed by atoms with Gasteiger partial charge in [-0.3, -0.25) is 20.6 Å². The van der Waals surface area contributed by atoms with Gasteiger partial charge in [0.1, 0.15) is 5.82 Å². The predicted octanol–water partition coefficient (Wildman–Crippen LogP) is 2.42. The molecule has 0 spiro atoms. The van der Waals surface area contributed by atoms with Crippen LogP contribution in [0.15, 0.2) is 30.5 Å². The molecule has 0 radical (unpaired) electrons. The summed E-state index contributed by atoms with van der Waals surface area (Å²) in [5.74, 6) is 0.186. The van der Waals surface area contributed by atoms with Gasteiger partial charge in [0.2, 0.25) is 16.4 Å². The average Bonchev–Trinajstić information content (AvgIpc) is 2.80. The Hall–Kier alpha value is -2.56. The summed E-state index contributed by atoms with van der Waals surface area (Å²) in [4.78, 5) is 14.8. The van der Waals surface area contributed by atoms with Crippen LogP contribution < -0.4 is 16.2 Å². The summed E-state index contributed by atoms with van der Waals surface area (Å²) in [7, 11) is -3.12. The average molecular weight is 464 g/mol. The fraction of sp³-hybridized carbons (Fsp3) is 0.455. The minimum absolute atomic E-state index is 0.132. The lowest BCUT2D eigenvalue weighted by Gasteiger charge is -2.31. The van der Waals surface area contributed by atoms with Gasteiger partial charge >= 0.3 is 0 Å². The maximum Gasteiger partial charge on any atom is 0.225 e. The third-order valence-electron chi connectivity index (χ3n) is 5.81. The number of hydrazine groups is 1. The quantitative estimate of drug-likeness (QED) is 0.369. The number of nitrogens with one attached hydrogen (secondary N) is 3. The van der Waals surface area contributed by atoms with Crippen LogP contribution >= 0.6 is 0 Å². The minimum Gasteiger partial charge on any atom is -0.312 e. The van der Waals surface area contributed by atoms with Crippen LogP contribution in [-0.4, -0.2) is 49.5 Å². The van der Waals surface area contributed by atoms with Crippen molar-refractivity contribution in [3.05, 3.63) is 47.5 Å². The van der Waals surface area contributed by atoms with Gasteiger partial charge in [0.05, 0.1) is 17.6 Å². The van der Waals surface area contributed by atoms with E-state index < -0.39 is 10.0 Å². The van der Waals surface area contributed by atoms with E-state index in [9.17, 15) is 13.2 Å². The van der Waals surface area contributed by atoms with Crippen LogP contribution in [0.1, 0.15) is 31.0 Å². The van der Waals surface area contributed by atoms with E-state index in [1.165, 1.54) is 0 Å². The number of anilines is 1. The molecule has 1 aliphatic rings. The summed E-state index contributed by atoms with van der Waals surface area (Å²) in [5.41, 5.74) is 7.92. The molecule has 0 bridgehead atoms. The third-order valence-corrected chi connectivity index (χ3v) is 7.69. The lowest BCUT2D eigenvalue weighted by molar-refractivity contribution is -0.109. The fourth-order valence-corrected chi connectivity index (χ4v) is 5.03. The van der Waals surface area contributed by atoms with Gasteiger partial charge in [-0.2, -0.15) is 0 Å². The van der Waals surface area contributed by atoms with Crippen LogP contribution in [0, 0.1) is 18.7 Å². The van der Waals surface area contributed by atoms with Gasteiger partial charge in [-0.1, -0.05) is 18.2 Å². The van der Waals surface area contributed by atoms with Crippen LogP contribution in [0.5, 0.6) is 0 Å². The Morgan fingerprint density at radius 3 is 2.69 bits per heavy atom. The monoisotopic (exact) mass is 463 g/mol. The van der Waals surface area contributed by atoms with E-state index >= 15 is 4.39 Å². The number of rotatable bonds is 10. The van der Waals surface area contributed by atoms with E-state index in [2.05, 4.69) is 21.2 Å². The van der Waals surface area contributed by atoms with Crippen LogP contribution in [0.3, 0.4) is 0 Å². The zero-order valence-electron chi connectivity index (χ0n) is 18.4. The molecule has 0 saturated carbocycles. The summed E-state index contributed by atoms with van der Waals surface area (Å²) < 4.78 is 40.8. The number of piperidine rings is 1. The van der Waals surface area contributed by atoms with Gasteiger partial charge < -0.3 is 5.32 Å². The molecule has 1 amide bonds. The van der Waals surface area contributed by atoms with E-state index in [0.717, 1.165) is 12.8 Å². The second-order valence-corrected chi connectivity index (χ2v) is 10.2. The van der Waals surface area contributed by atoms with Crippen molar-refractivity contribution in [2.45, 2.75) is 33.2 Å². The van der Waals surface area contributed by atoms with Crippen molar-refractivity contribution in [2.24, 2.45) is 5.92 Å². The number of hydrogen-bond donors (Lipinski definition) is 3. The highest BCUT2D eigenvalue weighted by atomic mass is 32.2. The van der Waals surface area contributed by atoms with E-state index in [4.69, 9.17) is 0 Å². The first-order valence-electron chi connectivity index (χ1n) is 10.7. The second kappa shape index (κ2) is 10.8. The molecule has 3 N–H and O–H groups in total. The molecule has 0 atom stereocenters. The number of amides is 1. The summed E-state index contributed by atoms with van der Waals surface area (Å²) in [6.45, 7) is 5.65. The SMILES string of the molecule is CCS(=O)(=O)N1CCC(CNCc2cccc(-c3cc(NNC=O)cnc3C)c2F)CC1. The number of hydrogen-bond acceptors (Lipinski definition) is 6. The number of aryl methyl sites for hydroxylation is 1. The first-order chi connectivity index (χ1) is 15.4. The molecule has 174 valence electrons. The Morgan fingerprint density at radius 1 is 1.25 bits per heavy atom. The van der Waals surface area contributed by atoms with Gasteiger partial charge in [0.25, 0.3) is 0 Å². The fourth-order valence-electron chi connectivity index (χ4n) is 3.90. The molecule has 1 saturated heterocycles. The largest absolute Gasteiger partial charge is 0.312 e. The normalized spacial score (nSPS) is 15.5. The number of nitrogens with zero attached hydrogens (tertiary/aromatic N) is 2. The van der Waals surface area contributed by atoms with Gasteiger partial charge in [0.15, 0.2) is 0 Å². The van der Waals surface area contributed by atoms with Gasteiger partial charge in [-0.25, -0.2) is 17.1 Å². The zero-order chi connectivity index (χ0) is 23.1. The Kier molecular flexibility index (Phi) is 8.16. The number of sulfonamides is 1. The third kappa shape index (κ3) is 5.81. The van der Waals surface area contributed by atoms with Gasteiger partial charge in [0, 0.05) is 42.0 Å². The molecule has 2 heterocycles. The van der Waals surface area contributed by atoms with Crippen molar-refractivity contribution in [3.8, 4) is 11.1 Å². The molecule has 1 aromatic heterocycles. The van der Waals surface area contributed by atoms with Gasteiger partial charge in [-0.15, -0.1) is 0 Å². The van der Waals surface area contributed by atoms with Crippen molar-refractivity contribution in [3.63, 3.8) is 0 Å². The molecule has 1 aromatic carbocycles. The Morgan fingerprint density at radius 2 is 2.00 bits per heavy atom. The summed E-state index contributed by atoms with van der Waals surface area (Å²) in [6.07, 6.45) is 3.68. The molecular formula is C22H30FN5O3S. The number of pyridine rings is 1. The molecule has 1 fully saturated rings. The van der Waals surface area contributed by atoms with Crippen molar-refractivity contribution < 1.29 is 17.6 Å². The summed E-state index contributed by atoms with van der Waals surface area (Å²) in [5, 5.41) is 3.33. The summed E-state index contributed by atoms with van der Waals surface area (Å²) >= 11 is 0. The Balaban J connectivity index is 1.62. The standard InChI is InChI=1S/C22H30FN5O3S/c1-3-32(30,31)28-9-7-17(8-10-28)12-24-13-18-5-4-6-20(22(18)23)21-11-19(27-26-15-29)14-25-16(21)2/h4-6,11,14-15,17,24,27H,3,7-10,12-13H2,1-2H3,(H,26,29).